The van der Waals surface area contributed by atoms with E-state index < -0.39 is 0 Å². The summed E-state index contributed by atoms with van der Waals surface area (Å²) in [7, 11) is 0. The van der Waals surface area contributed by atoms with Gasteiger partial charge in [0.15, 0.2) is 0 Å². The standard InChI is InChI=1S/C13H16FN3S/c1-8-5-11-10(6-9(8)14)16-12(15)17(11)7-13(18-2)3-4-13/h5-6H,3-4,7H2,1-2H3,(H2,15,16). The number of thioether (sulfide) groups is 1. The molecule has 2 aromatic rings. The second-order valence-corrected chi connectivity index (χ2v) is 6.31. The zero-order valence-corrected chi connectivity index (χ0v) is 11.4. The normalized spacial score (nSPS) is 17.3. The van der Waals surface area contributed by atoms with Gasteiger partial charge in [0.25, 0.3) is 0 Å². The summed E-state index contributed by atoms with van der Waals surface area (Å²) >= 11 is 1.88. The lowest BCUT2D eigenvalue weighted by Crippen LogP contribution is -2.15. The third-order valence-electron chi connectivity index (χ3n) is 3.75. The Bertz CT molecular complexity index is 616. The van der Waals surface area contributed by atoms with E-state index >= 15 is 0 Å². The molecule has 1 fully saturated rings. The van der Waals surface area contributed by atoms with Gasteiger partial charge in [0.2, 0.25) is 5.95 Å². The van der Waals surface area contributed by atoms with Crippen molar-refractivity contribution in [2.45, 2.75) is 31.1 Å². The van der Waals surface area contributed by atoms with E-state index in [9.17, 15) is 4.39 Å². The van der Waals surface area contributed by atoms with Crippen molar-refractivity contribution in [3.05, 3.63) is 23.5 Å². The van der Waals surface area contributed by atoms with Gasteiger partial charge in [-0.3, -0.25) is 0 Å². The number of halogens is 1. The first-order valence-corrected chi connectivity index (χ1v) is 7.24. The zero-order valence-electron chi connectivity index (χ0n) is 10.5. The average molecular weight is 265 g/mol. The molecule has 0 unspecified atom stereocenters. The number of hydrogen-bond donors (Lipinski definition) is 1. The Morgan fingerprint density at radius 2 is 2.22 bits per heavy atom. The third kappa shape index (κ3) is 1.77. The molecule has 1 aromatic carbocycles. The number of benzene rings is 1. The van der Waals surface area contributed by atoms with E-state index in [2.05, 4.69) is 11.2 Å². The molecule has 0 aliphatic heterocycles. The minimum Gasteiger partial charge on any atom is -0.369 e. The van der Waals surface area contributed by atoms with Crippen molar-refractivity contribution < 1.29 is 4.39 Å². The van der Waals surface area contributed by atoms with Crippen LogP contribution in [0.3, 0.4) is 0 Å². The quantitative estimate of drug-likeness (QED) is 0.928. The first kappa shape index (κ1) is 11.8. The zero-order chi connectivity index (χ0) is 12.9. The second kappa shape index (κ2) is 3.88. The number of anilines is 1. The molecule has 0 atom stereocenters. The van der Waals surface area contributed by atoms with E-state index in [4.69, 9.17) is 5.73 Å². The number of nitrogens with two attached hydrogens (primary N) is 1. The Morgan fingerprint density at radius 3 is 2.83 bits per heavy atom. The highest BCUT2D eigenvalue weighted by molar-refractivity contribution is 8.00. The molecule has 1 aromatic heterocycles. The van der Waals surface area contributed by atoms with Gasteiger partial charge in [-0.2, -0.15) is 11.8 Å². The lowest BCUT2D eigenvalue weighted by Gasteiger charge is -2.14. The molecule has 0 amide bonds. The van der Waals surface area contributed by atoms with Gasteiger partial charge in [0.05, 0.1) is 11.0 Å². The van der Waals surface area contributed by atoms with E-state index in [0.29, 0.717) is 21.8 Å². The van der Waals surface area contributed by atoms with Crippen molar-refractivity contribution in [2.24, 2.45) is 0 Å². The fourth-order valence-corrected chi connectivity index (χ4v) is 3.06. The van der Waals surface area contributed by atoms with E-state index in [1.54, 1.807) is 6.92 Å². The van der Waals surface area contributed by atoms with Crippen molar-refractivity contribution in [2.75, 3.05) is 12.0 Å². The molecule has 3 rings (SSSR count). The number of aryl methyl sites for hydroxylation is 1. The van der Waals surface area contributed by atoms with Gasteiger partial charge in [-0.25, -0.2) is 9.37 Å². The first-order valence-electron chi connectivity index (χ1n) is 6.02. The maximum atomic E-state index is 13.5. The largest absolute Gasteiger partial charge is 0.369 e. The first-order chi connectivity index (χ1) is 8.54. The molecule has 18 heavy (non-hydrogen) atoms. The van der Waals surface area contributed by atoms with Gasteiger partial charge < -0.3 is 10.3 Å². The Kier molecular flexibility index (Phi) is 2.55. The van der Waals surface area contributed by atoms with Crippen LogP contribution in [0.25, 0.3) is 11.0 Å². The third-order valence-corrected chi connectivity index (χ3v) is 5.15. The van der Waals surface area contributed by atoms with E-state index in [1.165, 1.54) is 18.9 Å². The molecular weight excluding hydrogens is 249 g/mol. The van der Waals surface area contributed by atoms with Crippen molar-refractivity contribution >= 4 is 28.7 Å². The van der Waals surface area contributed by atoms with E-state index in [0.717, 1.165) is 12.1 Å². The van der Waals surface area contributed by atoms with Crippen molar-refractivity contribution in [1.82, 2.24) is 9.55 Å². The number of hydrogen-bond acceptors (Lipinski definition) is 3. The molecule has 3 nitrogen and oxygen atoms in total. The summed E-state index contributed by atoms with van der Waals surface area (Å²) in [5.74, 6) is 0.258. The number of imidazole rings is 1. The van der Waals surface area contributed by atoms with Gasteiger partial charge in [-0.1, -0.05) is 0 Å². The molecule has 2 N–H and O–H groups in total. The molecule has 96 valence electrons. The van der Waals surface area contributed by atoms with Crippen molar-refractivity contribution in [3.8, 4) is 0 Å². The average Bonchev–Trinajstić information content (AvgIpc) is 3.05. The van der Waals surface area contributed by atoms with Crippen LogP contribution < -0.4 is 5.73 Å². The van der Waals surface area contributed by atoms with Crippen LogP contribution >= 0.6 is 11.8 Å². The smallest absolute Gasteiger partial charge is 0.201 e. The lowest BCUT2D eigenvalue weighted by atomic mass is 10.2. The van der Waals surface area contributed by atoms with Crippen LogP contribution in [0.1, 0.15) is 18.4 Å². The maximum absolute atomic E-state index is 13.5. The summed E-state index contributed by atoms with van der Waals surface area (Å²) in [4.78, 5) is 4.25. The Balaban J connectivity index is 2.10. The van der Waals surface area contributed by atoms with Crippen molar-refractivity contribution in [3.63, 3.8) is 0 Å². The molecule has 1 aliphatic rings. The van der Waals surface area contributed by atoms with Gasteiger partial charge >= 0.3 is 0 Å². The highest BCUT2D eigenvalue weighted by atomic mass is 32.2. The summed E-state index contributed by atoms with van der Waals surface area (Å²) in [6.07, 6.45) is 4.56. The van der Waals surface area contributed by atoms with Gasteiger partial charge in [-0.15, -0.1) is 0 Å². The number of nitrogen functional groups attached to an aromatic ring is 1. The minimum absolute atomic E-state index is 0.224. The highest BCUT2D eigenvalue weighted by Crippen LogP contribution is 2.49. The number of aromatic nitrogens is 2. The Morgan fingerprint density at radius 1 is 1.50 bits per heavy atom. The molecular formula is C13H16FN3S. The Hall–Kier alpha value is -1.23. The van der Waals surface area contributed by atoms with Crippen LogP contribution in [-0.4, -0.2) is 20.6 Å². The topological polar surface area (TPSA) is 43.8 Å². The fraction of sp³-hybridized carbons (Fsp3) is 0.462. The summed E-state index contributed by atoms with van der Waals surface area (Å²) < 4.78 is 15.8. The molecule has 5 heteroatoms. The highest BCUT2D eigenvalue weighted by Gasteiger charge is 2.42. The SMILES string of the molecule is CSC1(Cn2c(N)nc3cc(F)c(C)cc32)CC1. The summed E-state index contributed by atoms with van der Waals surface area (Å²) in [5.41, 5.74) is 8.18. The molecule has 1 aliphatic carbocycles. The Labute approximate surface area is 110 Å². The van der Waals surface area contributed by atoms with Crippen LogP contribution in [-0.2, 0) is 6.54 Å². The predicted octanol–water partition coefficient (Wildman–Crippen LogP) is 2.96. The number of fused-ring (bicyclic) bond motifs is 1. The van der Waals surface area contributed by atoms with Crippen LogP contribution in [0.5, 0.6) is 0 Å². The van der Waals surface area contributed by atoms with Crippen LogP contribution in [0.2, 0.25) is 0 Å². The van der Waals surface area contributed by atoms with Crippen LogP contribution in [0.4, 0.5) is 10.3 Å². The van der Waals surface area contributed by atoms with E-state index in [1.807, 2.05) is 22.4 Å². The fourth-order valence-electron chi connectivity index (χ4n) is 2.29. The van der Waals surface area contributed by atoms with Gasteiger partial charge in [0, 0.05) is 17.4 Å². The van der Waals surface area contributed by atoms with Gasteiger partial charge in [0.1, 0.15) is 5.82 Å². The minimum atomic E-state index is -0.224. The summed E-state index contributed by atoms with van der Waals surface area (Å²) in [6.45, 7) is 2.63. The lowest BCUT2D eigenvalue weighted by molar-refractivity contribution is 0.619. The monoisotopic (exact) mass is 265 g/mol. The summed E-state index contributed by atoms with van der Waals surface area (Å²) in [5, 5.41) is 0. The van der Waals surface area contributed by atoms with Crippen LogP contribution in [0.15, 0.2) is 12.1 Å². The van der Waals surface area contributed by atoms with Crippen LogP contribution in [0, 0.1) is 12.7 Å². The number of rotatable bonds is 3. The van der Waals surface area contributed by atoms with E-state index in [-0.39, 0.29) is 5.82 Å². The molecule has 0 bridgehead atoms. The molecule has 1 saturated carbocycles. The second-order valence-electron chi connectivity index (χ2n) is 5.03. The maximum Gasteiger partial charge on any atom is 0.201 e. The molecule has 1 heterocycles. The summed E-state index contributed by atoms with van der Waals surface area (Å²) in [6, 6.07) is 3.31. The number of nitrogens with zero attached hydrogens (tertiary/aromatic N) is 2. The molecule has 0 radical (unpaired) electrons. The molecule has 0 spiro atoms. The molecule has 0 saturated heterocycles. The van der Waals surface area contributed by atoms with Gasteiger partial charge in [-0.05, 0) is 37.7 Å². The van der Waals surface area contributed by atoms with Crippen molar-refractivity contribution in [1.29, 1.82) is 0 Å². The predicted molar refractivity (Wildman–Crippen MR) is 74.3 cm³/mol.